The summed E-state index contributed by atoms with van der Waals surface area (Å²) in [5.41, 5.74) is 3.94. The number of rotatable bonds is 4. The standard InChI is InChI=1S/C22H27ClN6/c23-21-11-10-20(22-24-16-25-29(21)22)26-17-6-8-19(9-7-17)28-14-12-27(13-15-28)18-4-2-1-3-5-18/h6-11,16,18,26H,1-5,12-15H2. The summed E-state index contributed by atoms with van der Waals surface area (Å²) in [5.74, 6) is 0. The number of piperazine rings is 1. The molecule has 0 spiro atoms. The molecule has 1 aromatic carbocycles. The smallest absolute Gasteiger partial charge is 0.180 e. The van der Waals surface area contributed by atoms with Crippen molar-refractivity contribution in [3.63, 3.8) is 0 Å². The first-order valence-electron chi connectivity index (χ1n) is 10.6. The molecule has 1 aliphatic heterocycles. The third-order valence-corrected chi connectivity index (χ3v) is 6.58. The number of nitrogens with one attached hydrogen (secondary N) is 1. The second kappa shape index (κ2) is 8.20. The Morgan fingerprint density at radius 2 is 1.66 bits per heavy atom. The summed E-state index contributed by atoms with van der Waals surface area (Å²) in [5, 5.41) is 8.14. The average molecular weight is 411 g/mol. The van der Waals surface area contributed by atoms with Gasteiger partial charge in [0.2, 0.25) is 0 Å². The van der Waals surface area contributed by atoms with Gasteiger partial charge >= 0.3 is 0 Å². The van der Waals surface area contributed by atoms with Gasteiger partial charge in [0.15, 0.2) is 5.65 Å². The molecule has 0 amide bonds. The molecule has 3 aromatic rings. The van der Waals surface area contributed by atoms with E-state index in [4.69, 9.17) is 11.6 Å². The van der Waals surface area contributed by atoms with E-state index in [2.05, 4.69) is 49.5 Å². The molecule has 2 aromatic heterocycles. The third-order valence-electron chi connectivity index (χ3n) is 6.30. The first-order chi connectivity index (χ1) is 14.3. The van der Waals surface area contributed by atoms with Gasteiger partial charge in [0.1, 0.15) is 11.5 Å². The van der Waals surface area contributed by atoms with E-state index in [-0.39, 0.29) is 0 Å². The van der Waals surface area contributed by atoms with Crippen LogP contribution in [-0.2, 0) is 0 Å². The Bertz CT molecular complexity index is 955. The molecule has 29 heavy (non-hydrogen) atoms. The van der Waals surface area contributed by atoms with Crippen molar-refractivity contribution >= 4 is 34.3 Å². The second-order valence-electron chi connectivity index (χ2n) is 8.05. The van der Waals surface area contributed by atoms with Crippen molar-refractivity contribution in [2.45, 2.75) is 38.1 Å². The topological polar surface area (TPSA) is 48.7 Å². The van der Waals surface area contributed by atoms with E-state index < -0.39 is 0 Å². The highest BCUT2D eigenvalue weighted by Gasteiger charge is 2.25. The van der Waals surface area contributed by atoms with Gasteiger partial charge in [0.05, 0.1) is 5.69 Å². The molecular weight excluding hydrogens is 384 g/mol. The van der Waals surface area contributed by atoms with E-state index in [1.165, 1.54) is 57.2 Å². The Kier molecular flexibility index (Phi) is 5.29. The number of hydrogen-bond acceptors (Lipinski definition) is 5. The number of pyridine rings is 1. The summed E-state index contributed by atoms with van der Waals surface area (Å²) in [4.78, 5) is 9.52. The van der Waals surface area contributed by atoms with Gasteiger partial charge in [-0.05, 0) is 49.2 Å². The molecule has 0 radical (unpaired) electrons. The molecule has 1 saturated carbocycles. The lowest BCUT2D eigenvalue weighted by atomic mass is 9.94. The van der Waals surface area contributed by atoms with Crippen molar-refractivity contribution in [2.75, 3.05) is 36.4 Å². The van der Waals surface area contributed by atoms with Gasteiger partial charge in [0, 0.05) is 43.6 Å². The van der Waals surface area contributed by atoms with Crippen LogP contribution in [-0.4, -0.2) is 51.7 Å². The molecule has 152 valence electrons. The number of fused-ring (bicyclic) bond motifs is 1. The Morgan fingerprint density at radius 3 is 2.41 bits per heavy atom. The van der Waals surface area contributed by atoms with Crippen LogP contribution in [0.2, 0.25) is 5.15 Å². The van der Waals surface area contributed by atoms with Crippen LogP contribution in [0.25, 0.3) is 5.65 Å². The minimum atomic E-state index is 0.547. The molecule has 2 aliphatic rings. The van der Waals surface area contributed by atoms with E-state index >= 15 is 0 Å². The zero-order valence-corrected chi connectivity index (χ0v) is 17.4. The zero-order valence-electron chi connectivity index (χ0n) is 16.6. The molecule has 7 heteroatoms. The predicted octanol–water partition coefficient (Wildman–Crippen LogP) is 4.58. The summed E-state index contributed by atoms with van der Waals surface area (Å²) < 4.78 is 1.63. The van der Waals surface area contributed by atoms with Gasteiger partial charge in [-0.1, -0.05) is 30.9 Å². The van der Waals surface area contributed by atoms with Gasteiger partial charge in [-0.25, -0.2) is 9.50 Å². The SMILES string of the molecule is Clc1ccc(Nc2ccc(N3CCN(C4CCCCC4)CC3)cc2)c2ncnn12. The monoisotopic (exact) mass is 410 g/mol. The highest BCUT2D eigenvalue weighted by atomic mass is 35.5. The summed E-state index contributed by atoms with van der Waals surface area (Å²) in [6, 6.07) is 13.3. The summed E-state index contributed by atoms with van der Waals surface area (Å²) >= 11 is 6.16. The van der Waals surface area contributed by atoms with Crippen molar-refractivity contribution in [1.29, 1.82) is 0 Å². The molecule has 6 nitrogen and oxygen atoms in total. The number of aromatic nitrogens is 3. The van der Waals surface area contributed by atoms with Crippen LogP contribution in [0, 0.1) is 0 Å². The Balaban J connectivity index is 1.22. The lowest BCUT2D eigenvalue weighted by Gasteiger charge is -2.41. The fraction of sp³-hybridized carbons (Fsp3) is 0.455. The molecule has 1 N–H and O–H groups in total. The van der Waals surface area contributed by atoms with Crippen molar-refractivity contribution in [1.82, 2.24) is 19.5 Å². The predicted molar refractivity (Wildman–Crippen MR) is 118 cm³/mol. The van der Waals surface area contributed by atoms with Gasteiger partial charge < -0.3 is 10.2 Å². The molecule has 1 saturated heterocycles. The van der Waals surface area contributed by atoms with Gasteiger partial charge in [-0.15, -0.1) is 0 Å². The summed E-state index contributed by atoms with van der Waals surface area (Å²) in [7, 11) is 0. The van der Waals surface area contributed by atoms with Crippen molar-refractivity contribution in [2.24, 2.45) is 0 Å². The summed E-state index contributed by atoms with van der Waals surface area (Å²) in [6.45, 7) is 4.59. The van der Waals surface area contributed by atoms with Crippen molar-refractivity contribution in [3.05, 3.63) is 47.9 Å². The number of nitrogens with zero attached hydrogens (tertiary/aromatic N) is 5. The van der Waals surface area contributed by atoms with Crippen LogP contribution in [0.3, 0.4) is 0 Å². The minimum absolute atomic E-state index is 0.547. The highest BCUT2D eigenvalue weighted by molar-refractivity contribution is 6.29. The van der Waals surface area contributed by atoms with Crippen molar-refractivity contribution in [3.8, 4) is 0 Å². The average Bonchev–Trinajstić information content (AvgIpc) is 3.28. The molecule has 0 unspecified atom stereocenters. The van der Waals surface area contributed by atoms with Crippen LogP contribution in [0.4, 0.5) is 17.1 Å². The van der Waals surface area contributed by atoms with Crippen LogP contribution < -0.4 is 10.2 Å². The fourth-order valence-corrected chi connectivity index (χ4v) is 4.87. The molecular formula is C22H27ClN6. The van der Waals surface area contributed by atoms with Crippen LogP contribution in [0.1, 0.15) is 32.1 Å². The highest BCUT2D eigenvalue weighted by Crippen LogP contribution is 2.27. The van der Waals surface area contributed by atoms with Crippen LogP contribution in [0.15, 0.2) is 42.7 Å². The number of benzene rings is 1. The van der Waals surface area contributed by atoms with Crippen LogP contribution >= 0.6 is 11.6 Å². The first-order valence-corrected chi connectivity index (χ1v) is 11.0. The summed E-state index contributed by atoms with van der Waals surface area (Å²) in [6.07, 6.45) is 8.55. The van der Waals surface area contributed by atoms with Crippen LogP contribution in [0.5, 0.6) is 0 Å². The normalized spacial score (nSPS) is 19.0. The number of hydrogen-bond donors (Lipinski definition) is 1. The molecule has 0 atom stereocenters. The Hall–Kier alpha value is -2.31. The minimum Gasteiger partial charge on any atom is -0.369 e. The zero-order chi connectivity index (χ0) is 19.6. The molecule has 2 fully saturated rings. The first kappa shape index (κ1) is 18.7. The molecule has 5 rings (SSSR count). The van der Waals surface area contributed by atoms with Gasteiger partial charge in [0.25, 0.3) is 0 Å². The quantitative estimate of drug-likeness (QED) is 0.638. The largest absolute Gasteiger partial charge is 0.369 e. The van der Waals surface area contributed by atoms with Gasteiger partial charge in [-0.2, -0.15) is 5.10 Å². The van der Waals surface area contributed by atoms with E-state index in [1.54, 1.807) is 4.52 Å². The maximum absolute atomic E-state index is 6.16. The van der Waals surface area contributed by atoms with E-state index in [1.807, 2.05) is 12.1 Å². The maximum atomic E-state index is 6.16. The van der Waals surface area contributed by atoms with Crippen molar-refractivity contribution < 1.29 is 0 Å². The van der Waals surface area contributed by atoms with E-state index in [9.17, 15) is 0 Å². The third kappa shape index (κ3) is 3.91. The lowest BCUT2D eigenvalue weighted by molar-refractivity contribution is 0.148. The Morgan fingerprint density at radius 1 is 0.897 bits per heavy atom. The second-order valence-corrected chi connectivity index (χ2v) is 8.44. The molecule has 1 aliphatic carbocycles. The van der Waals surface area contributed by atoms with E-state index in [0.717, 1.165) is 36.2 Å². The number of halogens is 1. The molecule has 3 heterocycles. The van der Waals surface area contributed by atoms with Gasteiger partial charge in [-0.3, -0.25) is 4.90 Å². The Labute approximate surface area is 176 Å². The molecule has 0 bridgehead atoms. The lowest BCUT2D eigenvalue weighted by Crippen LogP contribution is -2.50. The fourth-order valence-electron chi connectivity index (χ4n) is 4.68. The van der Waals surface area contributed by atoms with E-state index in [0.29, 0.717) is 5.15 Å². The number of anilines is 3. The maximum Gasteiger partial charge on any atom is 0.180 e.